The maximum Gasteiger partial charge on any atom is 0.225 e. The summed E-state index contributed by atoms with van der Waals surface area (Å²) in [5.41, 5.74) is 1.06. The molecule has 0 saturated heterocycles. The van der Waals surface area contributed by atoms with Crippen LogP contribution in [0.2, 0.25) is 0 Å². The van der Waals surface area contributed by atoms with Gasteiger partial charge in [-0.05, 0) is 49.8 Å². The molecule has 2 amide bonds. The van der Waals surface area contributed by atoms with Crippen LogP contribution in [-0.4, -0.2) is 35.3 Å². The second-order valence-corrected chi connectivity index (χ2v) is 6.74. The molecule has 0 atom stereocenters. The second-order valence-electron chi connectivity index (χ2n) is 6.74. The summed E-state index contributed by atoms with van der Waals surface area (Å²) in [6, 6.07) is 3.81. The molecule has 0 spiro atoms. The number of amides is 2. The van der Waals surface area contributed by atoms with E-state index >= 15 is 0 Å². The normalized spacial score (nSPS) is 20.4. The van der Waals surface area contributed by atoms with Crippen molar-refractivity contribution in [2.75, 3.05) is 13.6 Å². The molecule has 1 fully saturated rings. The SMILES string of the molecule is CCCCN(C)C(=O)C1CCC(C(=O)NCc2ccncc2)CC1. The summed E-state index contributed by atoms with van der Waals surface area (Å²) >= 11 is 0. The first-order valence-corrected chi connectivity index (χ1v) is 9.03. The molecule has 1 aromatic rings. The lowest BCUT2D eigenvalue weighted by molar-refractivity contribution is -0.137. The highest BCUT2D eigenvalue weighted by molar-refractivity contribution is 5.81. The van der Waals surface area contributed by atoms with Crippen molar-refractivity contribution in [1.29, 1.82) is 0 Å². The summed E-state index contributed by atoms with van der Waals surface area (Å²) in [5, 5.41) is 3.00. The van der Waals surface area contributed by atoms with Gasteiger partial charge in [-0.3, -0.25) is 14.6 Å². The van der Waals surface area contributed by atoms with Crippen molar-refractivity contribution < 1.29 is 9.59 Å². The van der Waals surface area contributed by atoms with Crippen molar-refractivity contribution in [1.82, 2.24) is 15.2 Å². The van der Waals surface area contributed by atoms with Crippen molar-refractivity contribution in [3.8, 4) is 0 Å². The molecule has 1 heterocycles. The number of nitrogens with one attached hydrogen (secondary N) is 1. The van der Waals surface area contributed by atoms with Gasteiger partial charge < -0.3 is 10.2 Å². The van der Waals surface area contributed by atoms with Gasteiger partial charge in [0.15, 0.2) is 0 Å². The number of nitrogens with zero attached hydrogens (tertiary/aromatic N) is 2. The van der Waals surface area contributed by atoms with Crippen molar-refractivity contribution in [2.24, 2.45) is 11.8 Å². The van der Waals surface area contributed by atoms with Crippen LogP contribution in [0.1, 0.15) is 51.0 Å². The van der Waals surface area contributed by atoms with Crippen LogP contribution in [-0.2, 0) is 16.1 Å². The number of hydrogen-bond donors (Lipinski definition) is 1. The lowest BCUT2D eigenvalue weighted by Crippen LogP contribution is -2.38. The smallest absolute Gasteiger partial charge is 0.225 e. The third-order valence-corrected chi connectivity index (χ3v) is 4.89. The molecular formula is C19H29N3O2. The number of carbonyl (C=O) groups excluding carboxylic acids is 2. The Morgan fingerprint density at radius 1 is 1.17 bits per heavy atom. The first-order valence-electron chi connectivity index (χ1n) is 9.03. The third-order valence-electron chi connectivity index (χ3n) is 4.89. The Kier molecular flexibility index (Phi) is 7.22. The van der Waals surface area contributed by atoms with Gasteiger partial charge >= 0.3 is 0 Å². The molecular weight excluding hydrogens is 302 g/mol. The van der Waals surface area contributed by atoms with Gasteiger partial charge in [0.2, 0.25) is 11.8 Å². The molecule has 132 valence electrons. The Labute approximate surface area is 144 Å². The average molecular weight is 331 g/mol. The van der Waals surface area contributed by atoms with Crippen molar-refractivity contribution in [3.05, 3.63) is 30.1 Å². The standard InChI is InChI=1S/C19H29N3O2/c1-3-4-13-22(2)19(24)17-7-5-16(6-8-17)18(23)21-14-15-9-11-20-12-10-15/h9-12,16-17H,3-8,13-14H2,1-2H3,(H,21,23). The molecule has 5 heteroatoms. The molecule has 1 saturated carbocycles. The van der Waals surface area contributed by atoms with E-state index in [4.69, 9.17) is 0 Å². The first kappa shape index (κ1) is 18.4. The highest BCUT2D eigenvalue weighted by Gasteiger charge is 2.31. The summed E-state index contributed by atoms with van der Waals surface area (Å²) in [6.07, 6.45) is 8.86. The lowest BCUT2D eigenvalue weighted by Gasteiger charge is -2.30. The topological polar surface area (TPSA) is 62.3 Å². The summed E-state index contributed by atoms with van der Waals surface area (Å²) < 4.78 is 0. The van der Waals surface area contributed by atoms with E-state index in [-0.39, 0.29) is 23.7 Å². The van der Waals surface area contributed by atoms with E-state index in [1.807, 2.05) is 24.1 Å². The van der Waals surface area contributed by atoms with Gasteiger partial charge in [-0.25, -0.2) is 0 Å². The summed E-state index contributed by atoms with van der Waals surface area (Å²) in [5.74, 6) is 0.490. The average Bonchev–Trinajstić information content (AvgIpc) is 2.64. The van der Waals surface area contributed by atoms with E-state index in [1.165, 1.54) is 0 Å². The Hall–Kier alpha value is -1.91. The van der Waals surface area contributed by atoms with Crippen LogP contribution in [0.15, 0.2) is 24.5 Å². The minimum Gasteiger partial charge on any atom is -0.352 e. The fourth-order valence-electron chi connectivity index (χ4n) is 3.25. The molecule has 1 aliphatic rings. The molecule has 1 N–H and O–H groups in total. The Bertz CT molecular complexity index is 525. The highest BCUT2D eigenvalue weighted by atomic mass is 16.2. The Morgan fingerprint density at radius 3 is 2.42 bits per heavy atom. The Morgan fingerprint density at radius 2 is 1.79 bits per heavy atom. The predicted molar refractivity (Wildman–Crippen MR) is 94.1 cm³/mol. The van der Waals surface area contributed by atoms with E-state index in [0.717, 1.165) is 50.6 Å². The summed E-state index contributed by atoms with van der Waals surface area (Å²) in [7, 11) is 1.89. The van der Waals surface area contributed by atoms with Crippen LogP contribution in [0.25, 0.3) is 0 Å². The summed E-state index contributed by atoms with van der Waals surface area (Å²) in [4.78, 5) is 30.5. The first-order chi connectivity index (χ1) is 11.6. The number of hydrogen-bond acceptors (Lipinski definition) is 3. The zero-order chi connectivity index (χ0) is 17.4. The molecule has 0 bridgehead atoms. The second kappa shape index (κ2) is 9.40. The van der Waals surface area contributed by atoms with Gasteiger partial charge in [0.05, 0.1) is 0 Å². The monoisotopic (exact) mass is 331 g/mol. The van der Waals surface area contributed by atoms with E-state index in [1.54, 1.807) is 12.4 Å². The number of unbranched alkanes of at least 4 members (excludes halogenated alkanes) is 1. The number of pyridine rings is 1. The zero-order valence-corrected chi connectivity index (χ0v) is 14.8. The molecule has 1 aliphatic carbocycles. The maximum atomic E-state index is 12.4. The van der Waals surface area contributed by atoms with Gasteiger partial charge in [-0.15, -0.1) is 0 Å². The van der Waals surface area contributed by atoms with Crippen molar-refractivity contribution in [2.45, 2.75) is 52.0 Å². The number of rotatable bonds is 7. The van der Waals surface area contributed by atoms with E-state index in [9.17, 15) is 9.59 Å². The van der Waals surface area contributed by atoms with E-state index < -0.39 is 0 Å². The van der Waals surface area contributed by atoms with E-state index in [0.29, 0.717) is 6.54 Å². The van der Waals surface area contributed by atoms with Crippen LogP contribution >= 0.6 is 0 Å². The van der Waals surface area contributed by atoms with Crippen LogP contribution in [0.4, 0.5) is 0 Å². The van der Waals surface area contributed by atoms with Gasteiger partial charge in [0.1, 0.15) is 0 Å². The maximum absolute atomic E-state index is 12.4. The van der Waals surface area contributed by atoms with Gasteiger partial charge in [-0.2, -0.15) is 0 Å². The molecule has 2 rings (SSSR count). The molecule has 24 heavy (non-hydrogen) atoms. The van der Waals surface area contributed by atoms with Crippen LogP contribution in [0, 0.1) is 11.8 Å². The van der Waals surface area contributed by atoms with Crippen molar-refractivity contribution >= 4 is 11.8 Å². The molecule has 0 aromatic carbocycles. The largest absolute Gasteiger partial charge is 0.352 e. The highest BCUT2D eigenvalue weighted by Crippen LogP contribution is 2.30. The summed E-state index contributed by atoms with van der Waals surface area (Å²) in [6.45, 7) is 3.51. The fourth-order valence-corrected chi connectivity index (χ4v) is 3.25. The lowest BCUT2D eigenvalue weighted by atomic mass is 9.81. The molecule has 0 unspecified atom stereocenters. The predicted octanol–water partition coefficient (Wildman–Crippen LogP) is 2.76. The zero-order valence-electron chi connectivity index (χ0n) is 14.8. The third kappa shape index (κ3) is 5.32. The minimum absolute atomic E-state index is 0.0387. The molecule has 5 nitrogen and oxygen atoms in total. The van der Waals surface area contributed by atoms with Crippen LogP contribution in [0.3, 0.4) is 0 Å². The van der Waals surface area contributed by atoms with Gasteiger partial charge in [-0.1, -0.05) is 13.3 Å². The number of carbonyl (C=O) groups is 2. The number of aromatic nitrogens is 1. The van der Waals surface area contributed by atoms with Gasteiger partial charge in [0.25, 0.3) is 0 Å². The molecule has 1 aromatic heterocycles. The van der Waals surface area contributed by atoms with E-state index in [2.05, 4.69) is 17.2 Å². The fraction of sp³-hybridized carbons (Fsp3) is 0.632. The molecule has 0 radical (unpaired) electrons. The Balaban J connectivity index is 1.73. The van der Waals surface area contributed by atoms with Crippen molar-refractivity contribution in [3.63, 3.8) is 0 Å². The quantitative estimate of drug-likeness (QED) is 0.835. The molecule has 0 aliphatic heterocycles. The van der Waals surface area contributed by atoms with Crippen LogP contribution < -0.4 is 5.32 Å². The van der Waals surface area contributed by atoms with Gasteiger partial charge in [0, 0.05) is 44.4 Å². The van der Waals surface area contributed by atoms with Crippen LogP contribution in [0.5, 0.6) is 0 Å². The minimum atomic E-state index is 0.0387.